The topological polar surface area (TPSA) is 27.1 Å². The summed E-state index contributed by atoms with van der Waals surface area (Å²) < 4.78 is 48.1. The van der Waals surface area contributed by atoms with Crippen LogP contribution in [0.1, 0.15) is 35.0 Å². The lowest BCUT2D eigenvalue weighted by molar-refractivity contribution is -0.137. The largest absolute Gasteiger partial charge is 0.416 e. The highest BCUT2D eigenvalue weighted by molar-refractivity contribution is 7.99. The van der Waals surface area contributed by atoms with Gasteiger partial charge in [0.2, 0.25) is 0 Å². The molecule has 1 saturated heterocycles. The highest BCUT2D eigenvalue weighted by Crippen LogP contribution is 2.42. The third-order valence-corrected chi connectivity index (χ3v) is 7.11. The molecule has 4 aromatic rings. The normalized spacial score (nSPS) is 17.5. The van der Waals surface area contributed by atoms with Crippen LogP contribution in [0.4, 0.5) is 13.2 Å². The average molecular weight is 469 g/mol. The summed E-state index contributed by atoms with van der Waals surface area (Å²) in [6.07, 6.45) is -2.46. The van der Waals surface area contributed by atoms with E-state index in [4.69, 9.17) is 9.72 Å². The summed E-state index contributed by atoms with van der Waals surface area (Å²) in [6, 6.07) is 23.8. The maximum atomic E-state index is 13.4. The minimum Gasteiger partial charge on any atom is -0.376 e. The van der Waals surface area contributed by atoms with Crippen LogP contribution in [0, 0.1) is 0 Å². The van der Waals surface area contributed by atoms with Gasteiger partial charge in [0.15, 0.2) is 0 Å². The lowest BCUT2D eigenvalue weighted by Gasteiger charge is -2.21. The molecule has 1 aromatic heterocycles. The fourth-order valence-corrected chi connectivity index (χ4v) is 5.41. The van der Waals surface area contributed by atoms with Crippen LogP contribution in [-0.4, -0.2) is 22.3 Å². The molecule has 0 bridgehead atoms. The van der Waals surface area contributed by atoms with Crippen LogP contribution in [-0.2, 0) is 17.5 Å². The number of aromatic nitrogens is 2. The molecular weight excluding hydrogens is 445 g/mol. The first-order valence-corrected chi connectivity index (χ1v) is 11.8. The van der Waals surface area contributed by atoms with Crippen molar-refractivity contribution in [1.29, 1.82) is 0 Å². The lowest BCUT2D eigenvalue weighted by Crippen LogP contribution is -2.18. The van der Waals surface area contributed by atoms with Crippen molar-refractivity contribution in [3.8, 4) is 0 Å². The number of fused-ring (bicyclic) bond motifs is 1. The number of alkyl halides is 3. The van der Waals surface area contributed by atoms with Crippen molar-refractivity contribution in [1.82, 2.24) is 9.55 Å². The lowest BCUT2D eigenvalue weighted by atomic mass is 10.1. The molecule has 2 atom stereocenters. The molecule has 0 aliphatic carbocycles. The molecule has 1 fully saturated rings. The Morgan fingerprint density at radius 1 is 1.00 bits per heavy atom. The molecule has 2 heterocycles. The third kappa shape index (κ3) is 4.80. The van der Waals surface area contributed by atoms with Gasteiger partial charge in [0.1, 0.15) is 5.82 Å². The molecule has 7 heteroatoms. The average Bonchev–Trinajstić information content (AvgIpc) is 3.46. The first-order chi connectivity index (χ1) is 16.0. The Labute approximate surface area is 194 Å². The van der Waals surface area contributed by atoms with Gasteiger partial charge in [-0.3, -0.25) is 0 Å². The molecule has 0 radical (unpaired) electrons. The zero-order chi connectivity index (χ0) is 22.8. The van der Waals surface area contributed by atoms with Gasteiger partial charge < -0.3 is 9.30 Å². The van der Waals surface area contributed by atoms with E-state index in [1.807, 2.05) is 60.7 Å². The van der Waals surface area contributed by atoms with E-state index >= 15 is 0 Å². The van der Waals surface area contributed by atoms with Gasteiger partial charge in [-0.1, -0.05) is 48.5 Å². The summed E-state index contributed by atoms with van der Waals surface area (Å²) in [4.78, 5) is 5.86. The molecule has 0 amide bonds. The molecule has 0 saturated carbocycles. The molecule has 5 rings (SSSR count). The SMILES string of the molecule is FC(F)(F)c1ccc2c(c1)nc(C(Sc1ccccc1)c1ccccc1)n2CC1CCCO1. The maximum absolute atomic E-state index is 13.4. The molecule has 1 aliphatic rings. The van der Waals surface area contributed by atoms with Crippen LogP contribution in [0.15, 0.2) is 83.8 Å². The van der Waals surface area contributed by atoms with E-state index < -0.39 is 11.7 Å². The van der Waals surface area contributed by atoms with Gasteiger partial charge in [-0.25, -0.2) is 4.98 Å². The molecule has 3 nitrogen and oxygen atoms in total. The first kappa shape index (κ1) is 22.0. The predicted molar refractivity (Wildman–Crippen MR) is 124 cm³/mol. The number of benzene rings is 3. The summed E-state index contributed by atoms with van der Waals surface area (Å²) in [5.41, 5.74) is 1.41. The number of nitrogens with zero attached hydrogens (tertiary/aromatic N) is 2. The molecular formula is C26H23F3N2OS. The van der Waals surface area contributed by atoms with Crippen molar-refractivity contribution in [3.63, 3.8) is 0 Å². The van der Waals surface area contributed by atoms with Crippen LogP contribution < -0.4 is 0 Å². The van der Waals surface area contributed by atoms with Crippen LogP contribution in [0.2, 0.25) is 0 Å². The fourth-order valence-electron chi connectivity index (χ4n) is 4.24. The van der Waals surface area contributed by atoms with Crippen LogP contribution in [0.3, 0.4) is 0 Å². The van der Waals surface area contributed by atoms with Crippen LogP contribution >= 0.6 is 11.8 Å². The molecule has 3 aromatic carbocycles. The third-order valence-electron chi connectivity index (χ3n) is 5.85. The smallest absolute Gasteiger partial charge is 0.376 e. The molecule has 0 N–H and O–H groups in total. The van der Waals surface area contributed by atoms with Gasteiger partial charge in [0.25, 0.3) is 0 Å². The predicted octanol–water partition coefficient (Wildman–Crippen LogP) is 7.12. The summed E-state index contributed by atoms with van der Waals surface area (Å²) in [6.45, 7) is 1.28. The van der Waals surface area contributed by atoms with E-state index in [0.29, 0.717) is 24.2 Å². The number of imidazole rings is 1. The zero-order valence-corrected chi connectivity index (χ0v) is 18.6. The Kier molecular flexibility index (Phi) is 6.17. The minimum atomic E-state index is -4.41. The maximum Gasteiger partial charge on any atom is 0.416 e. The summed E-state index contributed by atoms with van der Waals surface area (Å²) in [5, 5.41) is -0.184. The van der Waals surface area contributed by atoms with Gasteiger partial charge in [0, 0.05) is 11.5 Å². The Hall–Kier alpha value is -2.77. The van der Waals surface area contributed by atoms with E-state index in [1.165, 1.54) is 0 Å². The number of rotatable bonds is 6. The zero-order valence-electron chi connectivity index (χ0n) is 17.8. The number of hydrogen-bond acceptors (Lipinski definition) is 3. The van der Waals surface area contributed by atoms with Crippen LogP contribution in [0.5, 0.6) is 0 Å². The quantitative estimate of drug-likeness (QED) is 0.282. The number of ether oxygens (including phenoxy) is 1. The van der Waals surface area contributed by atoms with Crippen molar-refractivity contribution < 1.29 is 17.9 Å². The molecule has 0 spiro atoms. The van der Waals surface area contributed by atoms with Crippen LogP contribution in [0.25, 0.3) is 11.0 Å². The Balaban J connectivity index is 1.66. The Morgan fingerprint density at radius 3 is 2.39 bits per heavy atom. The monoisotopic (exact) mass is 468 g/mol. The fraction of sp³-hybridized carbons (Fsp3) is 0.269. The molecule has 33 heavy (non-hydrogen) atoms. The van der Waals surface area contributed by atoms with Gasteiger partial charge >= 0.3 is 6.18 Å². The van der Waals surface area contributed by atoms with E-state index in [2.05, 4.69) is 4.57 Å². The van der Waals surface area contributed by atoms with Crippen molar-refractivity contribution in [3.05, 3.63) is 95.8 Å². The number of thioether (sulfide) groups is 1. The summed E-state index contributed by atoms with van der Waals surface area (Å²) in [7, 11) is 0. The van der Waals surface area contributed by atoms with Crippen molar-refractivity contribution in [2.45, 2.75) is 41.8 Å². The van der Waals surface area contributed by atoms with Gasteiger partial charge in [-0.15, -0.1) is 11.8 Å². The minimum absolute atomic E-state index is 0.0293. The second-order valence-electron chi connectivity index (χ2n) is 8.14. The van der Waals surface area contributed by atoms with Gasteiger partial charge in [0.05, 0.1) is 34.5 Å². The molecule has 1 aliphatic heterocycles. The standard InChI is InChI=1S/C26H23F3N2OS/c27-26(28,29)19-13-14-23-22(16-19)30-25(31(23)17-20-10-7-15-32-20)24(18-8-3-1-4-9-18)33-21-11-5-2-6-12-21/h1-6,8-9,11-14,16,20,24H,7,10,15,17H2. The first-order valence-electron chi connectivity index (χ1n) is 10.9. The summed E-state index contributed by atoms with van der Waals surface area (Å²) in [5.74, 6) is 0.736. The van der Waals surface area contributed by atoms with Crippen molar-refractivity contribution in [2.75, 3.05) is 6.61 Å². The van der Waals surface area contributed by atoms with E-state index in [1.54, 1.807) is 17.8 Å². The van der Waals surface area contributed by atoms with E-state index in [9.17, 15) is 13.2 Å². The van der Waals surface area contributed by atoms with Crippen molar-refractivity contribution >= 4 is 22.8 Å². The molecule has 2 unspecified atom stereocenters. The van der Waals surface area contributed by atoms with Gasteiger partial charge in [-0.2, -0.15) is 13.2 Å². The number of halogens is 3. The summed E-state index contributed by atoms with van der Waals surface area (Å²) >= 11 is 1.65. The van der Waals surface area contributed by atoms with E-state index in [-0.39, 0.29) is 11.4 Å². The Bertz CT molecular complexity index is 1220. The molecule has 170 valence electrons. The second-order valence-corrected chi connectivity index (χ2v) is 9.32. The van der Waals surface area contributed by atoms with E-state index in [0.717, 1.165) is 41.3 Å². The highest BCUT2D eigenvalue weighted by atomic mass is 32.2. The highest BCUT2D eigenvalue weighted by Gasteiger charge is 2.32. The Morgan fingerprint density at radius 2 is 1.73 bits per heavy atom. The second kappa shape index (κ2) is 9.23. The number of hydrogen-bond donors (Lipinski definition) is 0. The van der Waals surface area contributed by atoms with Gasteiger partial charge in [-0.05, 0) is 48.7 Å². The van der Waals surface area contributed by atoms with Crippen molar-refractivity contribution in [2.24, 2.45) is 0 Å².